The van der Waals surface area contributed by atoms with Crippen LogP contribution in [0.5, 0.6) is 0 Å². The Morgan fingerprint density at radius 1 is 1.39 bits per heavy atom. The minimum Gasteiger partial charge on any atom is -0.465 e. The van der Waals surface area contributed by atoms with Gasteiger partial charge in [-0.05, 0) is 30.5 Å². The Morgan fingerprint density at radius 2 is 2.17 bits per heavy atom. The van der Waals surface area contributed by atoms with Crippen LogP contribution < -0.4 is 0 Å². The summed E-state index contributed by atoms with van der Waals surface area (Å²) in [5, 5.41) is 0. The molecule has 18 heavy (non-hydrogen) atoms. The van der Waals surface area contributed by atoms with Crippen LogP contribution in [0.4, 0.5) is 0 Å². The number of rotatable bonds is 6. The highest BCUT2D eigenvalue weighted by molar-refractivity contribution is 9.10. The van der Waals surface area contributed by atoms with Crippen LogP contribution in [0, 0.1) is 0 Å². The number of carbonyl (C=O) groups excluding carboxylic acids is 1. The number of esters is 1. The topological polar surface area (TPSA) is 26.3 Å². The van der Waals surface area contributed by atoms with E-state index in [0.717, 1.165) is 16.5 Å². The summed E-state index contributed by atoms with van der Waals surface area (Å²) < 4.78 is 5.66. The number of unbranched alkanes of at least 4 members (excludes halogenated alkanes) is 3. The van der Waals surface area contributed by atoms with Gasteiger partial charge >= 0.3 is 5.97 Å². The number of benzene rings is 1. The zero-order chi connectivity index (χ0) is 13.4. The number of ether oxygens (including phenoxy) is 1. The molecule has 0 bridgehead atoms. The van der Waals surface area contributed by atoms with Gasteiger partial charge in [0.05, 0.1) is 12.7 Å². The van der Waals surface area contributed by atoms with E-state index in [9.17, 15) is 4.79 Å². The van der Waals surface area contributed by atoms with Crippen molar-refractivity contribution in [3.63, 3.8) is 0 Å². The second kappa shape index (κ2) is 8.09. The molecular weight excluding hydrogens is 292 g/mol. The molecule has 0 heterocycles. The molecule has 0 aliphatic carbocycles. The highest BCUT2D eigenvalue weighted by Gasteiger charge is 2.10. The maximum Gasteiger partial charge on any atom is 0.338 e. The van der Waals surface area contributed by atoms with Gasteiger partial charge in [-0.2, -0.15) is 0 Å². The lowest BCUT2D eigenvalue weighted by molar-refractivity contribution is 0.0600. The quantitative estimate of drug-likeness (QED) is 0.555. The van der Waals surface area contributed by atoms with Gasteiger partial charge in [-0.25, -0.2) is 4.79 Å². The SMILES string of the molecule is CCCCC/C=C/c1ccc(Br)cc1C(=O)OC. The highest BCUT2D eigenvalue weighted by Crippen LogP contribution is 2.19. The summed E-state index contributed by atoms with van der Waals surface area (Å²) in [4.78, 5) is 11.6. The van der Waals surface area contributed by atoms with Gasteiger partial charge in [0.1, 0.15) is 0 Å². The smallest absolute Gasteiger partial charge is 0.338 e. The minimum atomic E-state index is -0.301. The monoisotopic (exact) mass is 310 g/mol. The van der Waals surface area contributed by atoms with Gasteiger partial charge in [0.15, 0.2) is 0 Å². The molecule has 0 fully saturated rings. The van der Waals surface area contributed by atoms with Crippen LogP contribution in [-0.4, -0.2) is 13.1 Å². The number of hydrogen-bond acceptors (Lipinski definition) is 2. The lowest BCUT2D eigenvalue weighted by atomic mass is 10.1. The third-order valence-corrected chi connectivity index (χ3v) is 3.19. The van der Waals surface area contributed by atoms with Gasteiger partial charge in [0, 0.05) is 4.47 Å². The molecule has 0 saturated carbocycles. The summed E-state index contributed by atoms with van der Waals surface area (Å²) in [6, 6.07) is 5.64. The van der Waals surface area contributed by atoms with Gasteiger partial charge in [0.25, 0.3) is 0 Å². The molecule has 0 unspecified atom stereocenters. The number of hydrogen-bond donors (Lipinski definition) is 0. The first-order valence-electron chi connectivity index (χ1n) is 6.23. The van der Waals surface area contributed by atoms with Crippen LogP contribution in [0.2, 0.25) is 0 Å². The number of methoxy groups -OCH3 is 1. The van der Waals surface area contributed by atoms with E-state index in [1.54, 1.807) is 6.07 Å². The lowest BCUT2D eigenvalue weighted by Crippen LogP contribution is -2.03. The average molecular weight is 311 g/mol. The van der Waals surface area contributed by atoms with E-state index in [-0.39, 0.29) is 5.97 Å². The summed E-state index contributed by atoms with van der Waals surface area (Å²) in [5.41, 5.74) is 1.50. The van der Waals surface area contributed by atoms with Crippen LogP contribution in [0.25, 0.3) is 6.08 Å². The van der Waals surface area contributed by atoms with Crippen molar-refractivity contribution in [2.75, 3.05) is 7.11 Å². The Labute approximate surface area is 117 Å². The summed E-state index contributed by atoms with van der Waals surface area (Å²) in [5.74, 6) is -0.301. The van der Waals surface area contributed by atoms with Crippen LogP contribution in [0.15, 0.2) is 28.7 Å². The van der Waals surface area contributed by atoms with E-state index in [1.165, 1.54) is 26.4 Å². The fourth-order valence-corrected chi connectivity index (χ4v) is 2.04. The van der Waals surface area contributed by atoms with Crippen molar-refractivity contribution in [3.05, 3.63) is 39.9 Å². The first kappa shape index (κ1) is 15.0. The third kappa shape index (κ3) is 4.65. The summed E-state index contributed by atoms with van der Waals surface area (Å²) >= 11 is 3.36. The predicted octanol–water partition coefficient (Wildman–Crippen LogP) is 4.83. The highest BCUT2D eigenvalue weighted by atomic mass is 79.9. The molecule has 0 N–H and O–H groups in total. The Kier molecular flexibility index (Phi) is 6.73. The first-order chi connectivity index (χ1) is 8.69. The minimum absolute atomic E-state index is 0.301. The fraction of sp³-hybridized carbons (Fsp3) is 0.400. The van der Waals surface area contributed by atoms with Gasteiger partial charge in [-0.3, -0.25) is 0 Å². The van der Waals surface area contributed by atoms with Crippen molar-refractivity contribution in [3.8, 4) is 0 Å². The van der Waals surface area contributed by atoms with Crippen molar-refractivity contribution in [1.82, 2.24) is 0 Å². The van der Waals surface area contributed by atoms with Gasteiger partial charge in [0.2, 0.25) is 0 Å². The standard InChI is InChI=1S/C15H19BrO2/c1-3-4-5-6-7-8-12-9-10-13(16)11-14(12)15(17)18-2/h7-11H,3-6H2,1-2H3/b8-7+. The maximum atomic E-state index is 11.6. The van der Waals surface area contributed by atoms with E-state index < -0.39 is 0 Å². The van der Waals surface area contributed by atoms with Crippen LogP contribution in [0.3, 0.4) is 0 Å². The number of allylic oxidation sites excluding steroid dienone is 1. The molecule has 0 spiro atoms. The van der Waals surface area contributed by atoms with Crippen molar-refractivity contribution < 1.29 is 9.53 Å². The summed E-state index contributed by atoms with van der Waals surface area (Å²) in [7, 11) is 1.40. The fourth-order valence-electron chi connectivity index (χ4n) is 1.68. The molecule has 1 aromatic rings. The van der Waals surface area contributed by atoms with E-state index in [0.29, 0.717) is 5.56 Å². The van der Waals surface area contributed by atoms with Gasteiger partial charge < -0.3 is 4.74 Å². The molecule has 0 radical (unpaired) electrons. The van der Waals surface area contributed by atoms with Gasteiger partial charge in [-0.1, -0.05) is 53.9 Å². The maximum absolute atomic E-state index is 11.6. The number of carbonyl (C=O) groups is 1. The lowest BCUT2D eigenvalue weighted by Gasteiger charge is -2.04. The zero-order valence-electron chi connectivity index (χ0n) is 10.9. The molecule has 0 aliphatic rings. The van der Waals surface area contributed by atoms with E-state index >= 15 is 0 Å². The van der Waals surface area contributed by atoms with Crippen LogP contribution in [0.1, 0.15) is 48.5 Å². The molecule has 1 aromatic carbocycles. The Balaban J connectivity index is 2.78. The molecule has 0 saturated heterocycles. The Hall–Kier alpha value is -1.09. The first-order valence-corrected chi connectivity index (χ1v) is 7.02. The van der Waals surface area contributed by atoms with E-state index in [4.69, 9.17) is 4.74 Å². The molecular formula is C15H19BrO2. The predicted molar refractivity (Wildman–Crippen MR) is 78.7 cm³/mol. The third-order valence-electron chi connectivity index (χ3n) is 2.69. The average Bonchev–Trinajstić information content (AvgIpc) is 2.39. The Morgan fingerprint density at radius 3 is 2.83 bits per heavy atom. The molecule has 0 atom stereocenters. The van der Waals surface area contributed by atoms with E-state index in [2.05, 4.69) is 28.9 Å². The summed E-state index contributed by atoms with van der Waals surface area (Å²) in [6.45, 7) is 2.19. The Bertz CT molecular complexity index is 425. The van der Waals surface area contributed by atoms with Crippen LogP contribution in [-0.2, 0) is 4.74 Å². The summed E-state index contributed by atoms with van der Waals surface area (Å²) in [6.07, 6.45) is 8.81. The molecule has 0 aromatic heterocycles. The molecule has 2 nitrogen and oxygen atoms in total. The number of halogens is 1. The molecule has 3 heteroatoms. The van der Waals surface area contributed by atoms with Crippen molar-refractivity contribution >= 4 is 28.0 Å². The van der Waals surface area contributed by atoms with E-state index in [1.807, 2.05) is 18.2 Å². The largest absolute Gasteiger partial charge is 0.465 e. The molecule has 0 aliphatic heterocycles. The second-order valence-electron chi connectivity index (χ2n) is 4.12. The van der Waals surface area contributed by atoms with Gasteiger partial charge in [-0.15, -0.1) is 0 Å². The normalized spacial score (nSPS) is 10.8. The molecule has 98 valence electrons. The second-order valence-corrected chi connectivity index (χ2v) is 5.04. The zero-order valence-corrected chi connectivity index (χ0v) is 12.5. The molecule has 1 rings (SSSR count). The van der Waals surface area contributed by atoms with Crippen molar-refractivity contribution in [2.24, 2.45) is 0 Å². The van der Waals surface area contributed by atoms with Crippen molar-refractivity contribution in [1.29, 1.82) is 0 Å². The molecule has 0 amide bonds. The van der Waals surface area contributed by atoms with Crippen molar-refractivity contribution in [2.45, 2.75) is 32.6 Å². The van der Waals surface area contributed by atoms with Crippen LogP contribution >= 0.6 is 15.9 Å².